The van der Waals surface area contributed by atoms with E-state index in [1.54, 1.807) is 6.20 Å². The summed E-state index contributed by atoms with van der Waals surface area (Å²) in [5.41, 5.74) is 2.67. The normalized spacial score (nSPS) is 10.9. The Hall–Kier alpha value is -2.64. The van der Waals surface area contributed by atoms with Gasteiger partial charge in [0.1, 0.15) is 10.9 Å². The van der Waals surface area contributed by atoms with Crippen molar-refractivity contribution < 1.29 is 4.79 Å². The van der Waals surface area contributed by atoms with Gasteiger partial charge in [-0.2, -0.15) is 0 Å². The molecule has 1 amide bonds. The van der Waals surface area contributed by atoms with Crippen LogP contribution >= 0.6 is 27.7 Å². The number of halogens is 1. The van der Waals surface area contributed by atoms with Gasteiger partial charge < -0.3 is 10.3 Å². The molecule has 7 heteroatoms. The van der Waals surface area contributed by atoms with E-state index in [-0.39, 0.29) is 5.91 Å². The number of fused-ring (bicyclic) bond motifs is 1. The molecule has 0 aliphatic heterocycles. The van der Waals surface area contributed by atoms with E-state index in [2.05, 4.69) is 36.2 Å². The Bertz CT molecular complexity index is 1090. The number of nitrogens with one attached hydrogen (secondary N) is 2. The molecule has 0 unspecified atom stereocenters. The minimum atomic E-state index is -0.0742. The number of amides is 1. The summed E-state index contributed by atoms with van der Waals surface area (Å²) in [5.74, 6) is 0.868. The van der Waals surface area contributed by atoms with Crippen LogP contribution in [0.3, 0.4) is 0 Å². The van der Waals surface area contributed by atoms with Crippen LogP contribution in [-0.4, -0.2) is 27.4 Å². The molecule has 4 rings (SSSR count). The summed E-state index contributed by atoms with van der Waals surface area (Å²) in [7, 11) is 0. The van der Waals surface area contributed by atoms with E-state index in [0.717, 1.165) is 44.1 Å². The van der Waals surface area contributed by atoms with E-state index in [9.17, 15) is 4.79 Å². The molecule has 29 heavy (non-hydrogen) atoms. The number of aromatic nitrogens is 3. The van der Waals surface area contributed by atoms with E-state index >= 15 is 0 Å². The van der Waals surface area contributed by atoms with Crippen LogP contribution in [0.15, 0.2) is 81.3 Å². The van der Waals surface area contributed by atoms with Gasteiger partial charge in [0, 0.05) is 28.5 Å². The first-order valence-corrected chi connectivity index (χ1v) is 10.9. The number of imidazole rings is 1. The summed E-state index contributed by atoms with van der Waals surface area (Å²) in [6, 6.07) is 19.4. The fourth-order valence-electron chi connectivity index (χ4n) is 2.96. The monoisotopic (exact) mass is 466 g/mol. The van der Waals surface area contributed by atoms with Gasteiger partial charge in [-0.25, -0.2) is 9.97 Å². The number of hydrogen-bond acceptors (Lipinski definition) is 4. The molecule has 0 radical (unpaired) electrons. The predicted octanol–water partition coefficient (Wildman–Crippen LogP) is 5.23. The van der Waals surface area contributed by atoms with Gasteiger partial charge >= 0.3 is 0 Å². The molecule has 4 aromatic rings. The van der Waals surface area contributed by atoms with Crippen LogP contribution in [0.1, 0.15) is 22.6 Å². The van der Waals surface area contributed by atoms with Crippen LogP contribution in [0, 0.1) is 0 Å². The van der Waals surface area contributed by atoms with Crippen molar-refractivity contribution in [1.29, 1.82) is 0 Å². The zero-order chi connectivity index (χ0) is 20.1. The fourth-order valence-corrected chi connectivity index (χ4v) is 4.07. The SMILES string of the molecule is O=C(NCCCc1nc2ccccc2[nH]1)c1ccccc1Sc1ccc(Br)cn1. The summed E-state index contributed by atoms with van der Waals surface area (Å²) >= 11 is 4.87. The first kappa shape index (κ1) is 19.7. The van der Waals surface area contributed by atoms with Crippen molar-refractivity contribution in [3.05, 3.63) is 82.7 Å². The lowest BCUT2D eigenvalue weighted by molar-refractivity contribution is 0.0950. The number of nitrogens with zero attached hydrogens (tertiary/aromatic N) is 2. The molecule has 0 saturated carbocycles. The third-order valence-corrected chi connectivity index (χ3v) is 5.86. The summed E-state index contributed by atoms with van der Waals surface area (Å²) < 4.78 is 0.928. The topological polar surface area (TPSA) is 70.7 Å². The lowest BCUT2D eigenvalue weighted by Crippen LogP contribution is -2.25. The maximum Gasteiger partial charge on any atom is 0.252 e. The maximum absolute atomic E-state index is 12.7. The molecule has 146 valence electrons. The van der Waals surface area contributed by atoms with Crippen LogP contribution in [0.2, 0.25) is 0 Å². The molecule has 0 saturated heterocycles. The average Bonchev–Trinajstić information content (AvgIpc) is 3.16. The molecule has 5 nitrogen and oxygen atoms in total. The molecule has 2 N–H and O–H groups in total. The van der Waals surface area contributed by atoms with Gasteiger partial charge in [-0.1, -0.05) is 36.0 Å². The molecule has 2 aromatic heterocycles. The van der Waals surface area contributed by atoms with Gasteiger partial charge in [-0.3, -0.25) is 4.79 Å². The third-order valence-electron chi connectivity index (χ3n) is 4.36. The van der Waals surface area contributed by atoms with Crippen molar-refractivity contribution >= 4 is 44.6 Å². The van der Waals surface area contributed by atoms with Gasteiger partial charge in [-0.05, 0) is 58.7 Å². The molecule has 0 spiro atoms. The molecule has 0 atom stereocenters. The number of H-pyrrole nitrogens is 1. The number of hydrogen-bond donors (Lipinski definition) is 2. The molecule has 0 aliphatic carbocycles. The third kappa shape index (κ3) is 5.05. The highest BCUT2D eigenvalue weighted by Gasteiger charge is 2.12. The number of carbonyl (C=O) groups is 1. The van der Waals surface area contributed by atoms with E-state index < -0.39 is 0 Å². The molecule has 2 aromatic carbocycles. The number of carbonyl (C=O) groups excluding carboxylic acids is 1. The van der Waals surface area contributed by atoms with E-state index in [1.165, 1.54) is 11.8 Å². The Balaban J connectivity index is 1.34. The summed E-state index contributed by atoms with van der Waals surface area (Å²) in [6.45, 7) is 0.589. The highest BCUT2D eigenvalue weighted by Crippen LogP contribution is 2.29. The summed E-state index contributed by atoms with van der Waals surface area (Å²) in [4.78, 5) is 25.8. The number of benzene rings is 2. The van der Waals surface area contributed by atoms with Gasteiger partial charge in [0.05, 0.1) is 16.6 Å². The van der Waals surface area contributed by atoms with Crippen molar-refractivity contribution in [3.63, 3.8) is 0 Å². The van der Waals surface area contributed by atoms with Crippen molar-refractivity contribution in [1.82, 2.24) is 20.3 Å². The number of aryl methyl sites for hydroxylation is 1. The van der Waals surface area contributed by atoms with Gasteiger partial charge in [0.25, 0.3) is 5.91 Å². The van der Waals surface area contributed by atoms with Gasteiger partial charge in [0.2, 0.25) is 0 Å². The standard InChI is InChI=1S/C22H19BrN4OS/c23-15-11-12-21(25-14-15)29-19-9-4-1-6-16(19)22(28)24-13-5-10-20-26-17-7-2-3-8-18(17)27-20/h1-4,6-9,11-12,14H,5,10,13H2,(H,24,28)(H,26,27). The number of rotatable bonds is 7. The van der Waals surface area contributed by atoms with Gasteiger partial charge in [-0.15, -0.1) is 0 Å². The Labute approximate surface area is 181 Å². The molecular weight excluding hydrogens is 448 g/mol. The van der Waals surface area contributed by atoms with Crippen LogP contribution in [0.4, 0.5) is 0 Å². The fraction of sp³-hybridized carbons (Fsp3) is 0.136. The Morgan fingerprint density at radius 2 is 1.90 bits per heavy atom. The van der Waals surface area contributed by atoms with Crippen LogP contribution < -0.4 is 5.32 Å². The lowest BCUT2D eigenvalue weighted by Gasteiger charge is -2.09. The summed E-state index contributed by atoms with van der Waals surface area (Å²) in [5, 5.41) is 3.86. The Morgan fingerprint density at radius 3 is 2.72 bits per heavy atom. The number of para-hydroxylation sites is 2. The zero-order valence-electron chi connectivity index (χ0n) is 15.6. The minimum absolute atomic E-state index is 0.0742. The van der Waals surface area contributed by atoms with Crippen molar-refractivity contribution in [2.24, 2.45) is 0 Å². The second-order valence-corrected chi connectivity index (χ2v) is 8.45. The largest absolute Gasteiger partial charge is 0.352 e. The van der Waals surface area contributed by atoms with Crippen molar-refractivity contribution in [2.45, 2.75) is 22.8 Å². The second-order valence-electron chi connectivity index (χ2n) is 6.47. The Morgan fingerprint density at radius 1 is 1.07 bits per heavy atom. The van der Waals surface area contributed by atoms with Gasteiger partial charge in [0.15, 0.2) is 0 Å². The van der Waals surface area contributed by atoms with Crippen molar-refractivity contribution in [2.75, 3.05) is 6.54 Å². The molecular formula is C22H19BrN4OS. The first-order valence-electron chi connectivity index (χ1n) is 9.29. The lowest BCUT2D eigenvalue weighted by atomic mass is 10.2. The van der Waals surface area contributed by atoms with E-state index in [1.807, 2.05) is 60.7 Å². The number of aromatic amines is 1. The zero-order valence-corrected chi connectivity index (χ0v) is 18.0. The van der Waals surface area contributed by atoms with E-state index in [0.29, 0.717) is 12.1 Å². The van der Waals surface area contributed by atoms with Crippen LogP contribution in [0.25, 0.3) is 11.0 Å². The highest BCUT2D eigenvalue weighted by molar-refractivity contribution is 9.10. The average molecular weight is 467 g/mol. The van der Waals surface area contributed by atoms with Crippen molar-refractivity contribution in [3.8, 4) is 0 Å². The second kappa shape index (κ2) is 9.24. The van der Waals surface area contributed by atoms with Crippen LogP contribution in [0.5, 0.6) is 0 Å². The molecule has 0 fully saturated rings. The van der Waals surface area contributed by atoms with E-state index in [4.69, 9.17) is 0 Å². The Kier molecular flexibility index (Phi) is 6.27. The van der Waals surface area contributed by atoms with Crippen LogP contribution in [-0.2, 0) is 6.42 Å². The first-order chi connectivity index (χ1) is 14.2. The molecule has 0 bridgehead atoms. The smallest absolute Gasteiger partial charge is 0.252 e. The molecule has 2 heterocycles. The predicted molar refractivity (Wildman–Crippen MR) is 119 cm³/mol. The molecule has 0 aliphatic rings. The minimum Gasteiger partial charge on any atom is -0.352 e. The quantitative estimate of drug-likeness (QED) is 0.365. The highest BCUT2D eigenvalue weighted by atomic mass is 79.9. The maximum atomic E-state index is 12.7. The summed E-state index contributed by atoms with van der Waals surface area (Å²) in [6.07, 6.45) is 3.35. The number of pyridine rings is 1.